The predicted octanol–water partition coefficient (Wildman–Crippen LogP) is 4.25. The van der Waals surface area contributed by atoms with Gasteiger partial charge in [-0.2, -0.15) is 26.3 Å². The molecule has 0 aromatic heterocycles. The number of carboxylic acid groups (broad SMARTS) is 2. The maximum absolute atomic E-state index is 10.6. The number of rotatable bonds is 10. The lowest BCUT2D eigenvalue weighted by molar-refractivity contribution is -0.193. The van der Waals surface area contributed by atoms with Gasteiger partial charge in [-0.3, -0.25) is 0 Å². The normalized spacial score (nSPS) is 17.0. The molecule has 3 N–H and O–H groups in total. The van der Waals surface area contributed by atoms with Crippen LogP contribution in [-0.4, -0.2) is 94.8 Å². The first-order chi connectivity index (χ1) is 15.6. The minimum Gasteiger partial charge on any atom is -0.475 e. The third kappa shape index (κ3) is 18.8. The van der Waals surface area contributed by atoms with Crippen LogP contribution >= 0.6 is 0 Å². The second-order valence-corrected chi connectivity index (χ2v) is 8.29. The molecule has 204 valence electrons. The van der Waals surface area contributed by atoms with Gasteiger partial charge in [0.1, 0.15) is 0 Å². The Hall–Kier alpha value is -1.60. The fourth-order valence-corrected chi connectivity index (χ4v) is 3.20. The number of alkyl halides is 6. The van der Waals surface area contributed by atoms with Crippen LogP contribution < -0.4 is 0 Å². The zero-order chi connectivity index (χ0) is 26.9. The standard InChI is InChI=1S/C17H36N2O.2C2HF3O2/c1-4-5-10-18(11-6-7-13-20)14-17-9-8-12-19(15-17)16(2)3;2*3-2(4,5)1(6)7/h16-17,20H,4-15H2,1-3H3;2*(H,6,7). The summed E-state index contributed by atoms with van der Waals surface area (Å²) >= 11 is 0. The van der Waals surface area contributed by atoms with Crippen molar-refractivity contribution in [3.8, 4) is 0 Å². The average Bonchev–Trinajstić information content (AvgIpc) is 2.71. The number of aliphatic carboxylic acids is 2. The second-order valence-electron chi connectivity index (χ2n) is 8.29. The van der Waals surface area contributed by atoms with Crippen LogP contribution in [0, 0.1) is 5.92 Å². The Morgan fingerprint density at radius 3 is 1.82 bits per heavy atom. The van der Waals surface area contributed by atoms with Crippen LogP contribution in [0.2, 0.25) is 0 Å². The summed E-state index contributed by atoms with van der Waals surface area (Å²) < 4.78 is 63.5. The molecule has 0 aromatic carbocycles. The van der Waals surface area contributed by atoms with Crippen molar-refractivity contribution in [1.82, 2.24) is 9.80 Å². The number of halogens is 6. The van der Waals surface area contributed by atoms with Gasteiger partial charge in [0.2, 0.25) is 0 Å². The number of nitrogens with zero attached hydrogens (tertiary/aromatic N) is 2. The Kier molecular flexibility index (Phi) is 18.1. The largest absolute Gasteiger partial charge is 0.490 e. The van der Waals surface area contributed by atoms with E-state index in [4.69, 9.17) is 24.9 Å². The first-order valence-corrected chi connectivity index (χ1v) is 11.2. The minimum atomic E-state index is -5.08. The predicted molar refractivity (Wildman–Crippen MR) is 114 cm³/mol. The van der Waals surface area contributed by atoms with E-state index >= 15 is 0 Å². The van der Waals surface area contributed by atoms with Gasteiger partial charge < -0.3 is 25.1 Å². The molecular formula is C21H38F6N2O5. The van der Waals surface area contributed by atoms with Crippen molar-refractivity contribution in [1.29, 1.82) is 0 Å². The number of piperidine rings is 1. The molecule has 13 heteroatoms. The fourth-order valence-electron chi connectivity index (χ4n) is 3.20. The number of aliphatic hydroxyl groups excluding tert-OH is 1. The summed E-state index contributed by atoms with van der Waals surface area (Å²) in [5.74, 6) is -4.67. The van der Waals surface area contributed by atoms with Crippen LogP contribution in [0.5, 0.6) is 0 Å². The summed E-state index contributed by atoms with van der Waals surface area (Å²) in [6.07, 6.45) is -2.74. The monoisotopic (exact) mass is 512 g/mol. The van der Waals surface area contributed by atoms with Crippen LogP contribution in [0.3, 0.4) is 0 Å². The number of unbranched alkanes of at least 4 members (excludes halogenated alkanes) is 2. The first-order valence-electron chi connectivity index (χ1n) is 11.2. The highest BCUT2D eigenvalue weighted by Gasteiger charge is 2.38. The van der Waals surface area contributed by atoms with Crippen LogP contribution in [0.15, 0.2) is 0 Å². The summed E-state index contributed by atoms with van der Waals surface area (Å²) in [6, 6.07) is 0.691. The van der Waals surface area contributed by atoms with E-state index in [1.165, 1.54) is 58.4 Å². The molecule has 1 aliphatic rings. The molecule has 1 unspecified atom stereocenters. The van der Waals surface area contributed by atoms with Crippen LogP contribution in [0.25, 0.3) is 0 Å². The quantitative estimate of drug-likeness (QED) is 0.297. The summed E-state index contributed by atoms with van der Waals surface area (Å²) in [7, 11) is 0. The highest BCUT2D eigenvalue weighted by molar-refractivity contribution is 5.73. The number of hydrogen-bond acceptors (Lipinski definition) is 5. The molecule has 34 heavy (non-hydrogen) atoms. The van der Waals surface area contributed by atoms with E-state index in [0.717, 1.165) is 18.8 Å². The first kappa shape index (κ1) is 34.6. The van der Waals surface area contributed by atoms with Crippen molar-refractivity contribution < 1.29 is 51.3 Å². The summed E-state index contributed by atoms with van der Waals surface area (Å²) in [4.78, 5) is 23.1. The smallest absolute Gasteiger partial charge is 0.475 e. The zero-order valence-electron chi connectivity index (χ0n) is 20.0. The number of carboxylic acids is 2. The lowest BCUT2D eigenvalue weighted by atomic mass is 9.96. The van der Waals surface area contributed by atoms with E-state index in [1.54, 1.807) is 0 Å². The van der Waals surface area contributed by atoms with Crippen molar-refractivity contribution in [2.45, 2.75) is 77.7 Å². The molecule has 0 radical (unpaired) electrons. The van der Waals surface area contributed by atoms with Gasteiger partial charge in [-0.05, 0) is 71.5 Å². The number of hydrogen-bond donors (Lipinski definition) is 3. The Balaban J connectivity index is 0. The van der Waals surface area contributed by atoms with E-state index in [2.05, 4.69) is 30.6 Å². The molecule has 0 aliphatic carbocycles. The van der Waals surface area contributed by atoms with E-state index in [1.807, 2.05) is 0 Å². The van der Waals surface area contributed by atoms with Gasteiger partial charge in [-0.25, -0.2) is 9.59 Å². The van der Waals surface area contributed by atoms with Crippen LogP contribution in [0.4, 0.5) is 26.3 Å². The van der Waals surface area contributed by atoms with Gasteiger partial charge in [0.25, 0.3) is 0 Å². The highest BCUT2D eigenvalue weighted by atomic mass is 19.4. The molecule has 1 atom stereocenters. The van der Waals surface area contributed by atoms with Crippen molar-refractivity contribution in [3.05, 3.63) is 0 Å². The number of carbonyl (C=O) groups is 2. The molecule has 1 saturated heterocycles. The van der Waals surface area contributed by atoms with Crippen LogP contribution in [-0.2, 0) is 9.59 Å². The van der Waals surface area contributed by atoms with Gasteiger partial charge in [0, 0.05) is 25.7 Å². The maximum atomic E-state index is 10.6. The third-order valence-electron chi connectivity index (χ3n) is 4.99. The Morgan fingerprint density at radius 2 is 1.44 bits per heavy atom. The van der Waals surface area contributed by atoms with Gasteiger partial charge in [-0.1, -0.05) is 13.3 Å². The van der Waals surface area contributed by atoms with E-state index in [9.17, 15) is 26.3 Å². The molecule has 0 amide bonds. The van der Waals surface area contributed by atoms with Crippen molar-refractivity contribution in [2.75, 3.05) is 39.3 Å². The topological polar surface area (TPSA) is 101 Å². The van der Waals surface area contributed by atoms with Gasteiger partial charge >= 0.3 is 24.3 Å². The van der Waals surface area contributed by atoms with Gasteiger partial charge in [0.15, 0.2) is 0 Å². The molecule has 1 heterocycles. The Morgan fingerprint density at radius 1 is 0.971 bits per heavy atom. The fraction of sp³-hybridized carbons (Fsp3) is 0.905. The molecule has 0 spiro atoms. The summed E-state index contributed by atoms with van der Waals surface area (Å²) in [5.41, 5.74) is 0. The molecule has 0 aromatic rings. The SMILES string of the molecule is CCCCN(CCCCO)CC1CCCN(C(C)C)C1.O=C(O)C(F)(F)F.O=C(O)C(F)(F)F. The number of likely N-dealkylation sites (tertiary alicyclic amines) is 1. The molecule has 0 saturated carbocycles. The third-order valence-corrected chi connectivity index (χ3v) is 4.99. The molecule has 1 rings (SSSR count). The lowest BCUT2D eigenvalue weighted by Gasteiger charge is -2.37. The average molecular weight is 513 g/mol. The lowest BCUT2D eigenvalue weighted by Crippen LogP contribution is -2.44. The van der Waals surface area contributed by atoms with Crippen LogP contribution in [0.1, 0.15) is 59.3 Å². The molecule has 7 nitrogen and oxygen atoms in total. The van der Waals surface area contributed by atoms with E-state index in [0.29, 0.717) is 12.6 Å². The molecule has 1 aliphatic heterocycles. The van der Waals surface area contributed by atoms with E-state index in [-0.39, 0.29) is 0 Å². The van der Waals surface area contributed by atoms with Crippen molar-refractivity contribution in [3.63, 3.8) is 0 Å². The second kappa shape index (κ2) is 17.8. The molecule has 1 fully saturated rings. The van der Waals surface area contributed by atoms with Crippen molar-refractivity contribution >= 4 is 11.9 Å². The van der Waals surface area contributed by atoms with Gasteiger partial charge in [0.05, 0.1) is 0 Å². The van der Waals surface area contributed by atoms with E-state index < -0.39 is 24.3 Å². The summed E-state index contributed by atoms with van der Waals surface area (Å²) in [6.45, 7) is 13.5. The molecule has 0 bridgehead atoms. The van der Waals surface area contributed by atoms with Gasteiger partial charge in [-0.15, -0.1) is 0 Å². The maximum Gasteiger partial charge on any atom is 0.490 e. The molecular weight excluding hydrogens is 474 g/mol. The highest BCUT2D eigenvalue weighted by Crippen LogP contribution is 2.20. The Labute approximate surface area is 196 Å². The van der Waals surface area contributed by atoms with Crippen molar-refractivity contribution in [2.24, 2.45) is 5.92 Å². The summed E-state index contributed by atoms with van der Waals surface area (Å²) in [5, 5.41) is 23.2. The Bertz CT molecular complexity index is 535. The minimum absolute atomic E-state index is 0.339. The zero-order valence-corrected chi connectivity index (χ0v) is 20.0. The number of aliphatic hydroxyl groups is 1.